The summed E-state index contributed by atoms with van der Waals surface area (Å²) in [5.41, 5.74) is 15.4. The molecule has 0 aliphatic rings. The molecule has 0 unspecified atom stereocenters. The van der Waals surface area contributed by atoms with Crippen LogP contribution in [0.2, 0.25) is 0 Å². The van der Waals surface area contributed by atoms with E-state index in [0.717, 1.165) is 0 Å². The number of hydrogen-bond donors (Lipinski definition) is 3. The molecule has 0 aliphatic heterocycles. The topological polar surface area (TPSA) is 117 Å². The van der Waals surface area contributed by atoms with Crippen LogP contribution < -0.4 is 17.2 Å². The van der Waals surface area contributed by atoms with Crippen molar-refractivity contribution in [3.63, 3.8) is 0 Å². The fourth-order valence-corrected chi connectivity index (χ4v) is 0.427. The number of hydrogen-bond acceptors (Lipinski definition) is 6. The number of rotatable bonds is 0. The van der Waals surface area contributed by atoms with Crippen molar-refractivity contribution in [2.45, 2.75) is 0 Å². The van der Waals surface area contributed by atoms with Crippen molar-refractivity contribution in [3.8, 4) is 0 Å². The van der Waals surface area contributed by atoms with E-state index in [1.165, 1.54) is 0 Å². The first-order chi connectivity index (χ1) is 4.18. The van der Waals surface area contributed by atoms with Gasteiger partial charge in [0.25, 0.3) is 0 Å². The van der Waals surface area contributed by atoms with Crippen LogP contribution in [-0.2, 0) is 0 Å². The SMILES string of the molecule is Nc1nc(N)nc(N)n1.[BiH3]. The summed E-state index contributed by atoms with van der Waals surface area (Å²) in [5.74, 6) is 0.125. The normalized spacial score (nSPS) is 8.40. The number of anilines is 3. The summed E-state index contributed by atoms with van der Waals surface area (Å²) in [6.45, 7) is 0. The van der Waals surface area contributed by atoms with Gasteiger partial charge in [-0.25, -0.2) is 0 Å². The molecule has 10 heavy (non-hydrogen) atoms. The number of nitrogen functional groups attached to an aromatic ring is 3. The van der Waals surface area contributed by atoms with Crippen molar-refractivity contribution in [1.82, 2.24) is 15.0 Å². The van der Waals surface area contributed by atoms with E-state index in [-0.39, 0.29) is 44.0 Å². The first-order valence-corrected chi connectivity index (χ1v) is 2.21. The molecular formula is C3H9BiN6. The predicted molar refractivity (Wildman–Crippen MR) is 43.0 cm³/mol. The average molecular weight is 338 g/mol. The standard InChI is InChI=1S/C3H6N6.Bi.3H/c4-1-7-2(5)9-3(6)8-1;;;;/h(H6,4,5,6,7,8,9);;;;. The maximum absolute atomic E-state index is 5.14. The van der Waals surface area contributed by atoms with Crippen molar-refractivity contribution in [1.29, 1.82) is 0 Å². The van der Waals surface area contributed by atoms with Crippen molar-refractivity contribution < 1.29 is 0 Å². The Morgan fingerprint density at radius 1 is 0.700 bits per heavy atom. The fourth-order valence-electron chi connectivity index (χ4n) is 0.427. The van der Waals surface area contributed by atoms with Crippen molar-refractivity contribution in [2.24, 2.45) is 0 Å². The van der Waals surface area contributed by atoms with Gasteiger partial charge in [0.05, 0.1) is 0 Å². The summed E-state index contributed by atoms with van der Waals surface area (Å²) >= 11 is 0. The Bertz CT molecular complexity index is 174. The monoisotopic (exact) mass is 338 g/mol. The van der Waals surface area contributed by atoms with Crippen molar-refractivity contribution in [3.05, 3.63) is 0 Å². The zero-order valence-electron chi connectivity index (χ0n) is 5.28. The van der Waals surface area contributed by atoms with E-state index in [9.17, 15) is 0 Å². The number of nitrogens with two attached hydrogens (primary N) is 3. The maximum atomic E-state index is 5.14. The van der Waals surface area contributed by atoms with Crippen molar-refractivity contribution >= 4 is 44.0 Å². The third kappa shape index (κ3) is 2.26. The van der Waals surface area contributed by atoms with Gasteiger partial charge in [0.15, 0.2) is 0 Å². The molecule has 1 rings (SSSR count). The Morgan fingerprint density at radius 3 is 1.10 bits per heavy atom. The fraction of sp³-hybridized carbons (Fsp3) is 0. The molecule has 0 spiro atoms. The van der Waals surface area contributed by atoms with Gasteiger partial charge in [0.1, 0.15) is 0 Å². The molecule has 0 aromatic carbocycles. The molecule has 56 valence electrons. The van der Waals surface area contributed by atoms with Crippen LogP contribution in [-0.4, -0.2) is 41.2 Å². The van der Waals surface area contributed by atoms with Crippen LogP contribution in [0.1, 0.15) is 0 Å². The third-order valence-electron chi connectivity index (χ3n) is 0.687. The molecule has 0 radical (unpaired) electrons. The van der Waals surface area contributed by atoms with Gasteiger partial charge in [-0.3, -0.25) is 0 Å². The summed E-state index contributed by atoms with van der Waals surface area (Å²) in [5, 5.41) is 0. The molecule has 1 aromatic heterocycles. The Kier molecular flexibility index (Phi) is 3.21. The molecular weight excluding hydrogens is 329 g/mol. The second-order valence-electron chi connectivity index (χ2n) is 1.41. The van der Waals surface area contributed by atoms with E-state index in [0.29, 0.717) is 0 Å². The van der Waals surface area contributed by atoms with Gasteiger partial charge < -0.3 is 17.2 Å². The van der Waals surface area contributed by atoms with E-state index < -0.39 is 0 Å². The summed E-state index contributed by atoms with van der Waals surface area (Å²) in [6, 6.07) is 0. The van der Waals surface area contributed by atoms with Gasteiger partial charge in [-0.2, -0.15) is 15.0 Å². The molecule has 0 bridgehead atoms. The Balaban J connectivity index is 0.000000810. The van der Waals surface area contributed by atoms with Crippen LogP contribution in [0.25, 0.3) is 0 Å². The van der Waals surface area contributed by atoms with Crippen molar-refractivity contribution in [2.75, 3.05) is 17.2 Å². The Morgan fingerprint density at radius 2 is 0.900 bits per heavy atom. The van der Waals surface area contributed by atoms with Gasteiger partial charge in [-0.1, -0.05) is 0 Å². The number of aromatic nitrogens is 3. The first kappa shape index (κ1) is 9.29. The second-order valence-corrected chi connectivity index (χ2v) is 1.41. The zero-order valence-corrected chi connectivity index (χ0v) is 10.8. The molecule has 0 saturated heterocycles. The van der Waals surface area contributed by atoms with Crippen LogP contribution in [0.15, 0.2) is 0 Å². The first-order valence-electron chi connectivity index (χ1n) is 2.21. The van der Waals surface area contributed by atoms with Gasteiger partial charge >= 0.3 is 26.2 Å². The summed E-state index contributed by atoms with van der Waals surface area (Å²) in [7, 11) is 0. The van der Waals surface area contributed by atoms with Gasteiger partial charge in [-0.15, -0.1) is 0 Å². The zero-order chi connectivity index (χ0) is 6.85. The molecule has 0 saturated carbocycles. The summed E-state index contributed by atoms with van der Waals surface area (Å²) < 4.78 is 0. The van der Waals surface area contributed by atoms with E-state index in [1.54, 1.807) is 0 Å². The van der Waals surface area contributed by atoms with E-state index >= 15 is 0 Å². The molecule has 7 heteroatoms. The molecule has 0 aliphatic carbocycles. The van der Waals surface area contributed by atoms with Crippen LogP contribution >= 0.6 is 0 Å². The van der Waals surface area contributed by atoms with Gasteiger partial charge in [0.2, 0.25) is 17.8 Å². The third-order valence-corrected chi connectivity index (χ3v) is 0.687. The summed E-state index contributed by atoms with van der Waals surface area (Å²) in [4.78, 5) is 10.5. The summed E-state index contributed by atoms with van der Waals surface area (Å²) in [6.07, 6.45) is 0. The Labute approximate surface area is 76.4 Å². The molecule has 6 nitrogen and oxygen atoms in total. The second kappa shape index (κ2) is 3.46. The Hall–Kier alpha value is -0.707. The van der Waals surface area contributed by atoms with E-state index in [1.807, 2.05) is 0 Å². The molecule has 1 aromatic rings. The molecule has 0 amide bonds. The van der Waals surface area contributed by atoms with Crippen LogP contribution in [0, 0.1) is 0 Å². The van der Waals surface area contributed by atoms with E-state index in [4.69, 9.17) is 17.2 Å². The van der Waals surface area contributed by atoms with E-state index in [2.05, 4.69) is 15.0 Å². The molecule has 6 N–H and O–H groups in total. The van der Waals surface area contributed by atoms with Gasteiger partial charge in [0, 0.05) is 0 Å². The molecule has 1 heterocycles. The van der Waals surface area contributed by atoms with Crippen LogP contribution in [0.5, 0.6) is 0 Å². The van der Waals surface area contributed by atoms with Gasteiger partial charge in [-0.05, 0) is 0 Å². The minimum absolute atomic E-state index is 0. The quantitative estimate of drug-likeness (QED) is 0.448. The average Bonchev–Trinajstić information content (AvgIpc) is 1.59. The number of nitrogens with zero attached hydrogens (tertiary/aromatic N) is 3. The molecule has 0 atom stereocenters. The van der Waals surface area contributed by atoms with Crippen LogP contribution in [0.3, 0.4) is 0 Å². The molecule has 0 fully saturated rings. The predicted octanol–water partition coefficient (Wildman–Crippen LogP) is -2.57. The van der Waals surface area contributed by atoms with Crippen LogP contribution in [0.4, 0.5) is 17.8 Å². The minimum atomic E-state index is 0.